The molecule has 0 N–H and O–H groups in total. The van der Waals surface area contributed by atoms with Crippen LogP contribution in [0.2, 0.25) is 36.4 Å². The first-order valence-electron chi connectivity index (χ1n) is 21.7. The average Bonchev–Trinajstić information content (AvgIpc) is 3.90. The monoisotopic (exact) mass is 868 g/mol. The summed E-state index contributed by atoms with van der Waals surface area (Å²) >= 11 is 4.20. The normalized spacial score (nSPS) is 12.2. The molecule has 0 unspecified atom stereocenters. The standard InChI is InChI=1S/C47H74GeO2S3Si/c1-10-14-17-20-23-38-36-44(48(5,6)33-32-37-26-28-39(29-27-37)50-35-34-49-13-4)52-45(38)42-30-31-43(51-42)46-40(24-21-18-15-11-2)41(25-22-19-16-12-3)47(53-46)54(7,8)9/h26-31,36H,10-25,32-35H2,1-9H3. The van der Waals surface area contributed by atoms with Gasteiger partial charge >= 0.3 is 317 Å². The molecule has 54 heavy (non-hydrogen) atoms. The van der Waals surface area contributed by atoms with Gasteiger partial charge in [0.25, 0.3) is 0 Å². The van der Waals surface area contributed by atoms with Crippen LogP contribution in [0.15, 0.2) is 42.5 Å². The van der Waals surface area contributed by atoms with Gasteiger partial charge in [-0.2, -0.15) is 0 Å². The molecule has 0 amide bonds. The van der Waals surface area contributed by atoms with E-state index in [9.17, 15) is 0 Å². The van der Waals surface area contributed by atoms with Gasteiger partial charge in [0.15, 0.2) is 0 Å². The predicted octanol–water partition coefficient (Wildman–Crippen LogP) is 14.7. The summed E-state index contributed by atoms with van der Waals surface area (Å²) in [5.41, 5.74) is 6.54. The Hall–Kier alpha value is -1.16. The third-order valence-corrected chi connectivity index (χ3v) is 27.9. The molecule has 2 nitrogen and oxygen atoms in total. The summed E-state index contributed by atoms with van der Waals surface area (Å²) in [6.07, 6.45) is 20.9. The van der Waals surface area contributed by atoms with Gasteiger partial charge in [-0.3, -0.25) is 0 Å². The van der Waals surface area contributed by atoms with Crippen LogP contribution in [0.25, 0.3) is 19.5 Å². The fourth-order valence-corrected chi connectivity index (χ4v) is 20.4. The van der Waals surface area contributed by atoms with Gasteiger partial charge in [-0.25, -0.2) is 0 Å². The van der Waals surface area contributed by atoms with Gasteiger partial charge in [0.05, 0.1) is 0 Å². The molecule has 0 radical (unpaired) electrons. The summed E-state index contributed by atoms with van der Waals surface area (Å²) in [4.78, 5) is 6.24. The zero-order valence-electron chi connectivity index (χ0n) is 35.7. The molecule has 4 rings (SSSR count). The molecule has 3 aromatic heterocycles. The molecule has 7 heteroatoms. The number of hydrogen-bond donors (Lipinski definition) is 0. The zero-order valence-corrected chi connectivity index (χ0v) is 41.3. The molecule has 0 saturated carbocycles. The van der Waals surface area contributed by atoms with Crippen molar-refractivity contribution >= 4 is 63.6 Å². The molecule has 1 aromatic carbocycles. The van der Waals surface area contributed by atoms with E-state index < -0.39 is 21.3 Å². The first-order valence-corrected chi connectivity index (χ1v) is 34.4. The minimum atomic E-state index is -2.27. The molecule has 0 fully saturated rings. The number of unbranched alkanes of at least 4 members (excludes halogenated alkanes) is 9. The van der Waals surface area contributed by atoms with E-state index in [2.05, 4.69) is 128 Å². The first kappa shape index (κ1) is 45.5. The van der Waals surface area contributed by atoms with Gasteiger partial charge in [-0.05, 0) is 0 Å². The second-order valence-corrected chi connectivity index (χ2v) is 36.5. The molecule has 0 saturated heterocycles. The number of thiophene rings is 3. The molecule has 0 aliphatic rings. The van der Waals surface area contributed by atoms with Crippen LogP contribution in [-0.2, 0) is 30.4 Å². The zero-order chi connectivity index (χ0) is 39.0. The Bertz CT molecular complexity index is 1640. The molecule has 300 valence electrons. The Morgan fingerprint density at radius 3 is 1.78 bits per heavy atom. The van der Waals surface area contributed by atoms with Gasteiger partial charge in [-0.1, -0.05) is 33.1 Å². The van der Waals surface area contributed by atoms with Crippen molar-refractivity contribution in [3.63, 3.8) is 0 Å². The van der Waals surface area contributed by atoms with Gasteiger partial charge in [-0.15, -0.1) is 0 Å². The number of hydrogen-bond acceptors (Lipinski definition) is 5. The van der Waals surface area contributed by atoms with Crippen molar-refractivity contribution in [2.75, 3.05) is 19.8 Å². The summed E-state index contributed by atoms with van der Waals surface area (Å²) < 4.78 is 14.8. The van der Waals surface area contributed by atoms with Crippen LogP contribution in [0.5, 0.6) is 5.75 Å². The minimum absolute atomic E-state index is 0.607. The maximum atomic E-state index is 5.88. The fraction of sp³-hybridized carbons (Fsp3) is 0.617. The predicted molar refractivity (Wildman–Crippen MR) is 252 cm³/mol. The van der Waals surface area contributed by atoms with Crippen LogP contribution in [0.3, 0.4) is 0 Å². The molecular weight excluding hydrogens is 793 g/mol. The van der Waals surface area contributed by atoms with Crippen molar-refractivity contribution in [3.8, 4) is 25.3 Å². The van der Waals surface area contributed by atoms with E-state index in [1.165, 1.54) is 117 Å². The van der Waals surface area contributed by atoms with E-state index in [-0.39, 0.29) is 0 Å². The van der Waals surface area contributed by atoms with Gasteiger partial charge in [0.2, 0.25) is 0 Å². The average molecular weight is 868 g/mol. The van der Waals surface area contributed by atoms with E-state index in [1.54, 1.807) is 34.7 Å². The Morgan fingerprint density at radius 1 is 0.593 bits per heavy atom. The van der Waals surface area contributed by atoms with Crippen molar-refractivity contribution in [1.29, 1.82) is 0 Å². The number of benzene rings is 1. The summed E-state index contributed by atoms with van der Waals surface area (Å²) in [6, 6.07) is 16.5. The van der Waals surface area contributed by atoms with Crippen LogP contribution in [0.1, 0.15) is 127 Å². The van der Waals surface area contributed by atoms with Crippen molar-refractivity contribution in [1.82, 2.24) is 0 Å². The Kier molecular flexibility index (Phi) is 19.6. The molecule has 0 spiro atoms. The topological polar surface area (TPSA) is 18.5 Å². The van der Waals surface area contributed by atoms with E-state index >= 15 is 0 Å². The van der Waals surface area contributed by atoms with E-state index in [1.807, 2.05) is 6.92 Å². The molecule has 3 heterocycles. The van der Waals surface area contributed by atoms with Crippen molar-refractivity contribution in [2.24, 2.45) is 0 Å². The van der Waals surface area contributed by atoms with Gasteiger partial charge < -0.3 is 0 Å². The number of ether oxygens (including phenoxy) is 2. The second kappa shape index (κ2) is 23.3. The summed E-state index contributed by atoms with van der Waals surface area (Å²) in [7, 11) is -1.47. The van der Waals surface area contributed by atoms with E-state index in [0.717, 1.165) is 18.8 Å². The van der Waals surface area contributed by atoms with E-state index in [4.69, 9.17) is 9.47 Å². The third-order valence-electron chi connectivity index (χ3n) is 10.9. The molecular formula is C47H74GeO2S3Si. The molecule has 0 bridgehead atoms. The first-order chi connectivity index (χ1) is 26.0. The summed E-state index contributed by atoms with van der Waals surface area (Å²) in [6.45, 7) is 18.8. The fourth-order valence-electron chi connectivity index (χ4n) is 7.47. The Morgan fingerprint density at radius 2 is 1.19 bits per heavy atom. The van der Waals surface area contributed by atoms with Gasteiger partial charge in [0, 0.05) is 0 Å². The van der Waals surface area contributed by atoms with Gasteiger partial charge in [0.1, 0.15) is 0 Å². The molecule has 0 aliphatic heterocycles. The van der Waals surface area contributed by atoms with Crippen LogP contribution < -0.4 is 12.9 Å². The second-order valence-electron chi connectivity index (χ2n) is 17.1. The van der Waals surface area contributed by atoms with Crippen molar-refractivity contribution < 1.29 is 9.47 Å². The van der Waals surface area contributed by atoms with Crippen LogP contribution in [0, 0.1) is 0 Å². The molecule has 4 aromatic rings. The van der Waals surface area contributed by atoms with Crippen molar-refractivity contribution in [3.05, 3.63) is 64.7 Å². The maximum absolute atomic E-state index is 5.88. The quantitative estimate of drug-likeness (QED) is 0.0439. The molecule has 0 aliphatic carbocycles. The van der Waals surface area contributed by atoms with E-state index in [0.29, 0.717) is 13.2 Å². The molecule has 0 atom stereocenters. The third kappa shape index (κ3) is 13.7. The van der Waals surface area contributed by atoms with Crippen molar-refractivity contribution in [2.45, 2.75) is 167 Å². The van der Waals surface area contributed by atoms with Crippen LogP contribution in [0.4, 0.5) is 0 Å². The van der Waals surface area contributed by atoms with Crippen LogP contribution >= 0.6 is 34.0 Å². The van der Waals surface area contributed by atoms with Crippen LogP contribution in [-0.4, -0.2) is 41.2 Å². The number of aryl methyl sites for hydroxylation is 2. The summed E-state index contributed by atoms with van der Waals surface area (Å²) in [5, 5.41) is 1.31. The summed E-state index contributed by atoms with van der Waals surface area (Å²) in [5.74, 6) is 6.24. The Balaban J connectivity index is 1.62. The number of rotatable bonds is 27. The SMILES string of the molecule is CCCCCCc1c[c]([Ge]([CH3])([CH3])[CH2]Cc2ccc(OCCOCC)cc2)sc1-c1ccc(-c2sc([Si](C)(C)C)c(CCCCCC)c2CCCCCC)s1. The Labute approximate surface area is 347 Å².